The lowest BCUT2D eigenvalue weighted by Crippen LogP contribution is -2.38. The number of halogens is 1. The van der Waals surface area contributed by atoms with E-state index in [2.05, 4.69) is 29.0 Å². The number of aromatic amines is 1. The van der Waals surface area contributed by atoms with Gasteiger partial charge in [0.1, 0.15) is 5.69 Å². The molecule has 2 N–H and O–H groups in total. The number of benzene rings is 1. The second-order valence-corrected chi connectivity index (χ2v) is 6.99. The maximum atomic E-state index is 12.8. The standard InChI is InChI=1S/C21H28ClN3O3/c1-6-25(7-2)17(15-10-8-9-11-16(15)22)12-23-20(26)19-13(3)18(14(4)24-19)21(27)28-5/h8-11,17,24H,6-7,12H2,1-5H3,(H,23,26). The average Bonchev–Trinajstić information content (AvgIpc) is 2.99. The van der Waals surface area contributed by atoms with Gasteiger partial charge in [-0.25, -0.2) is 4.79 Å². The molecule has 2 aromatic rings. The first kappa shape index (κ1) is 22.0. The predicted octanol–water partition coefficient (Wildman–Crippen LogP) is 3.88. The molecule has 152 valence electrons. The molecule has 0 radical (unpaired) electrons. The van der Waals surface area contributed by atoms with Crippen molar-refractivity contribution < 1.29 is 14.3 Å². The van der Waals surface area contributed by atoms with E-state index in [9.17, 15) is 9.59 Å². The highest BCUT2D eigenvalue weighted by atomic mass is 35.5. The molecule has 1 atom stereocenters. The quantitative estimate of drug-likeness (QED) is 0.653. The Morgan fingerprint density at radius 3 is 2.43 bits per heavy atom. The van der Waals surface area contributed by atoms with Gasteiger partial charge in [0.25, 0.3) is 5.91 Å². The van der Waals surface area contributed by atoms with Gasteiger partial charge in [0, 0.05) is 17.3 Å². The van der Waals surface area contributed by atoms with Crippen LogP contribution in [0.5, 0.6) is 0 Å². The molecule has 0 aliphatic carbocycles. The van der Waals surface area contributed by atoms with Gasteiger partial charge in [-0.2, -0.15) is 0 Å². The normalized spacial score (nSPS) is 12.1. The summed E-state index contributed by atoms with van der Waals surface area (Å²) in [5, 5.41) is 3.66. The Labute approximate surface area is 171 Å². The molecule has 0 saturated heterocycles. The fraction of sp³-hybridized carbons (Fsp3) is 0.429. The van der Waals surface area contributed by atoms with Gasteiger partial charge in [-0.05, 0) is 44.1 Å². The van der Waals surface area contributed by atoms with Crippen LogP contribution < -0.4 is 5.32 Å². The second kappa shape index (κ2) is 9.75. The number of carbonyl (C=O) groups is 2. The molecule has 7 heteroatoms. The molecule has 0 bridgehead atoms. The third-order valence-corrected chi connectivity index (χ3v) is 5.37. The number of aryl methyl sites for hydroxylation is 1. The van der Waals surface area contributed by atoms with Crippen LogP contribution in [-0.4, -0.2) is 48.5 Å². The zero-order chi connectivity index (χ0) is 20.8. The van der Waals surface area contributed by atoms with Gasteiger partial charge in [0.05, 0.1) is 18.7 Å². The van der Waals surface area contributed by atoms with E-state index in [4.69, 9.17) is 16.3 Å². The van der Waals surface area contributed by atoms with E-state index >= 15 is 0 Å². The molecule has 1 heterocycles. The monoisotopic (exact) mass is 405 g/mol. The summed E-state index contributed by atoms with van der Waals surface area (Å²) in [5.41, 5.74) is 2.94. The Balaban J connectivity index is 2.25. The van der Waals surface area contributed by atoms with Crippen molar-refractivity contribution in [3.63, 3.8) is 0 Å². The Morgan fingerprint density at radius 1 is 1.21 bits per heavy atom. The van der Waals surface area contributed by atoms with Crippen LogP contribution >= 0.6 is 11.6 Å². The Kier molecular flexibility index (Phi) is 7.66. The van der Waals surface area contributed by atoms with Crippen LogP contribution in [-0.2, 0) is 4.74 Å². The van der Waals surface area contributed by atoms with Gasteiger partial charge < -0.3 is 15.0 Å². The minimum absolute atomic E-state index is 0.0518. The molecule has 6 nitrogen and oxygen atoms in total. The van der Waals surface area contributed by atoms with Crippen molar-refractivity contribution in [2.45, 2.75) is 33.7 Å². The molecular weight excluding hydrogens is 378 g/mol. The third kappa shape index (κ3) is 4.56. The van der Waals surface area contributed by atoms with Crippen LogP contribution in [0.4, 0.5) is 0 Å². The molecule has 0 aliphatic heterocycles. The van der Waals surface area contributed by atoms with Crippen LogP contribution in [0.3, 0.4) is 0 Å². The molecule has 0 aliphatic rings. The topological polar surface area (TPSA) is 74.4 Å². The Hall–Kier alpha value is -2.31. The van der Waals surface area contributed by atoms with E-state index in [0.29, 0.717) is 34.1 Å². The number of aromatic nitrogens is 1. The zero-order valence-corrected chi connectivity index (χ0v) is 17.8. The number of ether oxygens (including phenoxy) is 1. The van der Waals surface area contributed by atoms with Gasteiger partial charge in [0.2, 0.25) is 0 Å². The lowest BCUT2D eigenvalue weighted by atomic mass is 10.0. The summed E-state index contributed by atoms with van der Waals surface area (Å²) in [6.45, 7) is 9.70. The largest absolute Gasteiger partial charge is 0.465 e. The first-order valence-corrected chi connectivity index (χ1v) is 9.77. The van der Waals surface area contributed by atoms with Crippen LogP contribution in [0.2, 0.25) is 5.02 Å². The van der Waals surface area contributed by atoms with Crippen LogP contribution in [0.15, 0.2) is 24.3 Å². The van der Waals surface area contributed by atoms with Gasteiger partial charge in [-0.3, -0.25) is 9.69 Å². The van der Waals surface area contributed by atoms with Crippen LogP contribution in [0, 0.1) is 13.8 Å². The van der Waals surface area contributed by atoms with Crippen molar-refractivity contribution in [3.8, 4) is 0 Å². The molecule has 0 saturated carbocycles. The summed E-state index contributed by atoms with van der Waals surface area (Å²) in [6.07, 6.45) is 0. The SMILES string of the molecule is CCN(CC)C(CNC(=O)c1[nH]c(C)c(C(=O)OC)c1C)c1ccccc1Cl. The summed E-state index contributed by atoms with van der Waals surface area (Å²) in [6, 6.07) is 7.63. The Morgan fingerprint density at radius 2 is 1.86 bits per heavy atom. The summed E-state index contributed by atoms with van der Waals surface area (Å²) < 4.78 is 4.81. The van der Waals surface area contributed by atoms with Crippen molar-refractivity contribution in [2.24, 2.45) is 0 Å². The van der Waals surface area contributed by atoms with Gasteiger partial charge in [-0.1, -0.05) is 43.6 Å². The number of likely N-dealkylation sites (N-methyl/N-ethyl adjacent to an activating group) is 1. The summed E-state index contributed by atoms with van der Waals surface area (Å²) in [5.74, 6) is -0.720. The molecular formula is C21H28ClN3O3. The number of carbonyl (C=O) groups excluding carboxylic acids is 2. The van der Waals surface area contributed by atoms with Crippen molar-refractivity contribution in [3.05, 3.63) is 57.4 Å². The lowest BCUT2D eigenvalue weighted by molar-refractivity contribution is 0.0599. The molecule has 1 aromatic carbocycles. The fourth-order valence-electron chi connectivity index (χ4n) is 3.51. The molecule has 0 fully saturated rings. The van der Waals surface area contributed by atoms with E-state index < -0.39 is 5.97 Å². The molecule has 1 amide bonds. The summed E-state index contributed by atoms with van der Waals surface area (Å²) >= 11 is 6.41. The van der Waals surface area contributed by atoms with Crippen molar-refractivity contribution in [1.82, 2.24) is 15.2 Å². The first-order valence-electron chi connectivity index (χ1n) is 9.39. The predicted molar refractivity (Wildman–Crippen MR) is 111 cm³/mol. The number of nitrogens with one attached hydrogen (secondary N) is 2. The highest BCUT2D eigenvalue weighted by molar-refractivity contribution is 6.31. The van der Waals surface area contributed by atoms with E-state index in [1.165, 1.54) is 7.11 Å². The Bertz CT molecular complexity index is 843. The van der Waals surface area contributed by atoms with Crippen LogP contribution in [0.1, 0.15) is 57.6 Å². The number of hydrogen-bond donors (Lipinski definition) is 2. The maximum absolute atomic E-state index is 12.8. The maximum Gasteiger partial charge on any atom is 0.339 e. The number of H-pyrrole nitrogens is 1. The number of hydrogen-bond acceptors (Lipinski definition) is 4. The number of rotatable bonds is 8. The van der Waals surface area contributed by atoms with Crippen molar-refractivity contribution >= 4 is 23.5 Å². The van der Waals surface area contributed by atoms with Gasteiger partial charge in [0.15, 0.2) is 0 Å². The first-order chi connectivity index (χ1) is 13.3. The molecule has 0 spiro atoms. The number of methoxy groups -OCH3 is 1. The summed E-state index contributed by atoms with van der Waals surface area (Å²) in [4.78, 5) is 30.0. The average molecular weight is 406 g/mol. The van der Waals surface area contributed by atoms with Crippen molar-refractivity contribution in [2.75, 3.05) is 26.7 Å². The van der Waals surface area contributed by atoms with E-state index in [-0.39, 0.29) is 11.9 Å². The smallest absolute Gasteiger partial charge is 0.339 e. The molecule has 28 heavy (non-hydrogen) atoms. The van der Waals surface area contributed by atoms with Crippen molar-refractivity contribution in [1.29, 1.82) is 0 Å². The van der Waals surface area contributed by atoms with Crippen LogP contribution in [0.25, 0.3) is 0 Å². The number of esters is 1. The summed E-state index contributed by atoms with van der Waals surface area (Å²) in [7, 11) is 1.33. The van der Waals surface area contributed by atoms with Gasteiger partial charge >= 0.3 is 5.97 Å². The fourth-order valence-corrected chi connectivity index (χ4v) is 3.77. The number of nitrogens with zero attached hydrogens (tertiary/aromatic N) is 1. The van der Waals surface area contributed by atoms with E-state index in [0.717, 1.165) is 18.7 Å². The second-order valence-electron chi connectivity index (χ2n) is 6.59. The molecule has 1 aromatic heterocycles. The lowest BCUT2D eigenvalue weighted by Gasteiger charge is -2.30. The molecule has 1 unspecified atom stereocenters. The van der Waals surface area contributed by atoms with E-state index in [1.54, 1.807) is 13.8 Å². The van der Waals surface area contributed by atoms with Gasteiger partial charge in [-0.15, -0.1) is 0 Å². The highest BCUT2D eigenvalue weighted by Crippen LogP contribution is 2.27. The van der Waals surface area contributed by atoms with E-state index in [1.807, 2.05) is 24.3 Å². The highest BCUT2D eigenvalue weighted by Gasteiger charge is 2.25. The minimum Gasteiger partial charge on any atom is -0.465 e. The third-order valence-electron chi connectivity index (χ3n) is 5.03. The number of amides is 1. The minimum atomic E-state index is -0.456. The molecule has 2 rings (SSSR count). The zero-order valence-electron chi connectivity index (χ0n) is 17.1.